The molecule has 1 N–H and O–H groups in total. The first-order valence-corrected chi connectivity index (χ1v) is 6.37. The van der Waals surface area contributed by atoms with E-state index in [0.29, 0.717) is 5.15 Å². The molecule has 1 saturated carbocycles. The number of aromatic nitrogens is 1. The van der Waals surface area contributed by atoms with Crippen LogP contribution in [-0.4, -0.2) is 10.1 Å². The highest BCUT2D eigenvalue weighted by Crippen LogP contribution is 2.64. The topological polar surface area (TPSA) is 33.1 Å². The minimum atomic E-state index is -0.745. The number of fused-ring (bicyclic) bond motifs is 1. The van der Waals surface area contributed by atoms with Gasteiger partial charge in [-0.15, -0.1) is 0 Å². The van der Waals surface area contributed by atoms with Crippen molar-refractivity contribution in [1.82, 2.24) is 4.98 Å². The Morgan fingerprint density at radius 2 is 2.12 bits per heavy atom. The van der Waals surface area contributed by atoms with Crippen LogP contribution in [0.3, 0.4) is 0 Å². The summed E-state index contributed by atoms with van der Waals surface area (Å²) in [7, 11) is 0. The van der Waals surface area contributed by atoms with E-state index in [1.54, 1.807) is 0 Å². The van der Waals surface area contributed by atoms with Crippen LogP contribution in [0.4, 0.5) is 0 Å². The Morgan fingerprint density at radius 3 is 2.75 bits per heavy atom. The molecule has 16 heavy (non-hydrogen) atoms. The molecule has 1 fully saturated rings. The SMILES string of the molecule is CCC1(O)c2nc(Cl)ccc2CCC12CC2. The number of rotatable bonds is 1. The van der Waals surface area contributed by atoms with Gasteiger partial charge in [0.25, 0.3) is 0 Å². The molecule has 0 aliphatic heterocycles. The summed E-state index contributed by atoms with van der Waals surface area (Å²) in [6.07, 6.45) is 5.11. The van der Waals surface area contributed by atoms with Gasteiger partial charge in [-0.25, -0.2) is 4.98 Å². The molecule has 2 nitrogen and oxygen atoms in total. The molecule has 2 aliphatic rings. The molecule has 86 valence electrons. The first-order chi connectivity index (χ1) is 7.61. The predicted molar refractivity (Wildman–Crippen MR) is 63.4 cm³/mol. The minimum Gasteiger partial charge on any atom is -0.383 e. The zero-order valence-electron chi connectivity index (χ0n) is 9.46. The fourth-order valence-corrected chi connectivity index (χ4v) is 3.36. The van der Waals surface area contributed by atoms with Crippen LogP contribution in [0.1, 0.15) is 43.9 Å². The second-order valence-electron chi connectivity index (χ2n) is 5.14. The number of halogens is 1. The molecule has 0 aromatic carbocycles. The average molecular weight is 238 g/mol. The highest BCUT2D eigenvalue weighted by atomic mass is 35.5. The number of nitrogens with zero attached hydrogens (tertiary/aromatic N) is 1. The summed E-state index contributed by atoms with van der Waals surface area (Å²) in [6, 6.07) is 3.84. The minimum absolute atomic E-state index is 0.104. The zero-order valence-corrected chi connectivity index (χ0v) is 10.2. The molecular formula is C13H16ClNO. The highest BCUT2D eigenvalue weighted by Gasteiger charge is 2.61. The Labute approximate surface area is 101 Å². The van der Waals surface area contributed by atoms with Gasteiger partial charge in [0.15, 0.2) is 0 Å². The van der Waals surface area contributed by atoms with Crippen LogP contribution in [0.25, 0.3) is 0 Å². The largest absolute Gasteiger partial charge is 0.383 e. The molecule has 0 amide bonds. The molecule has 0 bridgehead atoms. The first kappa shape index (κ1) is 10.5. The summed E-state index contributed by atoms with van der Waals surface area (Å²) < 4.78 is 0. The lowest BCUT2D eigenvalue weighted by Crippen LogP contribution is -2.41. The van der Waals surface area contributed by atoms with Gasteiger partial charge in [0.05, 0.1) is 5.69 Å². The van der Waals surface area contributed by atoms with Crippen molar-refractivity contribution in [3.8, 4) is 0 Å². The average Bonchev–Trinajstić information content (AvgIpc) is 3.06. The van der Waals surface area contributed by atoms with Gasteiger partial charge >= 0.3 is 0 Å². The number of aliphatic hydroxyl groups is 1. The van der Waals surface area contributed by atoms with Gasteiger partial charge in [0.2, 0.25) is 0 Å². The molecule has 0 radical (unpaired) electrons. The summed E-state index contributed by atoms with van der Waals surface area (Å²) in [5, 5.41) is 11.4. The lowest BCUT2D eigenvalue weighted by atomic mass is 9.70. The normalized spacial score (nSPS) is 30.2. The van der Waals surface area contributed by atoms with Crippen molar-refractivity contribution in [3.63, 3.8) is 0 Å². The van der Waals surface area contributed by atoms with E-state index in [0.717, 1.165) is 37.8 Å². The summed E-state index contributed by atoms with van der Waals surface area (Å²) in [5.74, 6) is 0. The molecule has 2 aliphatic carbocycles. The van der Waals surface area contributed by atoms with Gasteiger partial charge in [-0.1, -0.05) is 24.6 Å². The number of aryl methyl sites for hydroxylation is 1. The van der Waals surface area contributed by atoms with Crippen molar-refractivity contribution in [2.75, 3.05) is 0 Å². The Hall–Kier alpha value is -0.600. The third-order valence-electron chi connectivity index (χ3n) is 4.45. The van der Waals surface area contributed by atoms with Crippen molar-refractivity contribution >= 4 is 11.6 Å². The highest BCUT2D eigenvalue weighted by molar-refractivity contribution is 6.29. The first-order valence-electron chi connectivity index (χ1n) is 6.00. The molecule has 1 atom stereocenters. The van der Waals surface area contributed by atoms with E-state index in [2.05, 4.69) is 4.98 Å². The Balaban J connectivity index is 2.18. The van der Waals surface area contributed by atoms with Gasteiger partial charge < -0.3 is 5.11 Å². The van der Waals surface area contributed by atoms with Crippen LogP contribution in [0, 0.1) is 5.41 Å². The molecular weight excluding hydrogens is 222 g/mol. The predicted octanol–water partition coefficient (Wildman–Crippen LogP) is 3.06. The van der Waals surface area contributed by atoms with E-state index in [1.807, 2.05) is 19.1 Å². The van der Waals surface area contributed by atoms with Crippen LogP contribution < -0.4 is 0 Å². The van der Waals surface area contributed by atoms with Crippen molar-refractivity contribution in [2.24, 2.45) is 5.41 Å². The van der Waals surface area contributed by atoms with E-state index in [1.165, 1.54) is 5.56 Å². The van der Waals surface area contributed by atoms with Gasteiger partial charge in [0.1, 0.15) is 10.8 Å². The zero-order chi connectivity index (χ0) is 11.4. The molecule has 0 saturated heterocycles. The Morgan fingerprint density at radius 1 is 1.38 bits per heavy atom. The van der Waals surface area contributed by atoms with Gasteiger partial charge in [0, 0.05) is 5.41 Å². The standard InChI is InChI=1S/C13H16ClNO/c1-2-13(16)11-9(3-4-10(14)15-11)5-6-12(13)7-8-12/h3-4,16H,2,5-8H2,1H3. The second kappa shape index (κ2) is 3.21. The Bertz CT molecular complexity index is 442. The summed E-state index contributed by atoms with van der Waals surface area (Å²) in [4.78, 5) is 4.39. The van der Waals surface area contributed by atoms with E-state index in [-0.39, 0.29) is 5.41 Å². The molecule has 1 spiro atoms. The monoisotopic (exact) mass is 237 g/mol. The van der Waals surface area contributed by atoms with Crippen molar-refractivity contribution in [2.45, 2.75) is 44.6 Å². The van der Waals surface area contributed by atoms with Crippen molar-refractivity contribution < 1.29 is 5.11 Å². The van der Waals surface area contributed by atoms with Gasteiger partial charge in [-0.3, -0.25) is 0 Å². The molecule has 1 heterocycles. The lowest BCUT2D eigenvalue weighted by molar-refractivity contribution is -0.0579. The third kappa shape index (κ3) is 1.20. The number of hydrogen-bond acceptors (Lipinski definition) is 2. The fraction of sp³-hybridized carbons (Fsp3) is 0.615. The third-order valence-corrected chi connectivity index (χ3v) is 4.66. The molecule has 3 rings (SSSR count). The second-order valence-corrected chi connectivity index (χ2v) is 5.52. The number of pyridine rings is 1. The molecule has 1 aromatic rings. The van der Waals surface area contributed by atoms with Crippen LogP contribution in [0.15, 0.2) is 12.1 Å². The molecule has 3 heteroatoms. The molecule has 1 aromatic heterocycles. The summed E-state index contributed by atoms with van der Waals surface area (Å²) in [6.45, 7) is 2.04. The lowest BCUT2D eigenvalue weighted by Gasteiger charge is -2.40. The van der Waals surface area contributed by atoms with Crippen LogP contribution in [0.2, 0.25) is 5.15 Å². The maximum absolute atomic E-state index is 10.9. The molecule has 1 unspecified atom stereocenters. The fourth-order valence-electron chi connectivity index (χ4n) is 3.21. The van der Waals surface area contributed by atoms with Crippen molar-refractivity contribution in [1.29, 1.82) is 0 Å². The maximum Gasteiger partial charge on any atom is 0.129 e. The quantitative estimate of drug-likeness (QED) is 0.762. The summed E-state index contributed by atoms with van der Waals surface area (Å²) >= 11 is 5.95. The van der Waals surface area contributed by atoms with Gasteiger partial charge in [-0.05, 0) is 43.7 Å². The van der Waals surface area contributed by atoms with Crippen molar-refractivity contribution in [3.05, 3.63) is 28.5 Å². The number of hydrogen-bond donors (Lipinski definition) is 1. The maximum atomic E-state index is 10.9. The van der Waals surface area contributed by atoms with Gasteiger partial charge in [-0.2, -0.15) is 0 Å². The van der Waals surface area contributed by atoms with E-state index < -0.39 is 5.60 Å². The van der Waals surface area contributed by atoms with Crippen LogP contribution in [0.5, 0.6) is 0 Å². The Kier molecular flexibility index (Phi) is 2.11. The van der Waals surface area contributed by atoms with E-state index in [9.17, 15) is 5.11 Å². The van der Waals surface area contributed by atoms with Crippen LogP contribution in [-0.2, 0) is 12.0 Å². The van der Waals surface area contributed by atoms with E-state index >= 15 is 0 Å². The van der Waals surface area contributed by atoms with Crippen LogP contribution >= 0.6 is 11.6 Å². The smallest absolute Gasteiger partial charge is 0.129 e. The van der Waals surface area contributed by atoms with E-state index in [4.69, 9.17) is 11.6 Å². The summed E-state index contributed by atoms with van der Waals surface area (Å²) in [5.41, 5.74) is 1.37.